The summed E-state index contributed by atoms with van der Waals surface area (Å²) in [7, 11) is 0. The summed E-state index contributed by atoms with van der Waals surface area (Å²) < 4.78 is 0. The lowest BCUT2D eigenvalue weighted by Gasteiger charge is -2.21. The summed E-state index contributed by atoms with van der Waals surface area (Å²) in [6, 6.07) is 0.550. The standard InChI is InChI=1S/C13H16N2O5/c1-6-3-7(2)14-11(17)10(6)12(18)15-5-8(16)4-9(15)13(19)20/h3,8-9,16H,4-5H2,1-2H3,(H,14,17)(H,19,20)/t8-,9+/m1/s1. The Labute approximate surface area is 114 Å². The Morgan fingerprint density at radius 1 is 1.40 bits per heavy atom. The zero-order valence-electron chi connectivity index (χ0n) is 11.2. The van der Waals surface area contributed by atoms with Crippen LogP contribution in [0.15, 0.2) is 10.9 Å². The van der Waals surface area contributed by atoms with Gasteiger partial charge in [-0.25, -0.2) is 4.79 Å². The zero-order chi connectivity index (χ0) is 15.0. The summed E-state index contributed by atoms with van der Waals surface area (Å²) in [5.41, 5.74) is 0.496. The van der Waals surface area contributed by atoms with Gasteiger partial charge in [0.1, 0.15) is 11.6 Å². The molecule has 2 atom stereocenters. The van der Waals surface area contributed by atoms with Gasteiger partial charge in [-0.05, 0) is 25.5 Å². The monoisotopic (exact) mass is 280 g/mol. The molecular weight excluding hydrogens is 264 g/mol. The van der Waals surface area contributed by atoms with E-state index in [4.69, 9.17) is 5.11 Å². The number of carbonyl (C=O) groups excluding carboxylic acids is 1. The number of H-pyrrole nitrogens is 1. The predicted octanol–water partition coefficient (Wildman–Crippen LogP) is -0.348. The molecular formula is C13H16N2O5. The number of carboxylic acids is 1. The van der Waals surface area contributed by atoms with E-state index in [0.717, 1.165) is 4.90 Å². The first kappa shape index (κ1) is 14.3. The molecule has 0 radical (unpaired) electrons. The van der Waals surface area contributed by atoms with Gasteiger partial charge < -0.3 is 20.1 Å². The molecule has 1 aromatic heterocycles. The van der Waals surface area contributed by atoms with Crippen molar-refractivity contribution < 1.29 is 19.8 Å². The smallest absolute Gasteiger partial charge is 0.326 e. The van der Waals surface area contributed by atoms with E-state index in [1.165, 1.54) is 0 Å². The summed E-state index contributed by atoms with van der Waals surface area (Å²) in [4.78, 5) is 39.0. The number of hydrogen-bond acceptors (Lipinski definition) is 4. The Kier molecular flexibility index (Phi) is 3.63. The molecule has 7 heteroatoms. The van der Waals surface area contributed by atoms with Gasteiger partial charge in [0.15, 0.2) is 0 Å². The fourth-order valence-corrected chi connectivity index (χ4v) is 2.54. The molecule has 1 aliphatic heterocycles. The highest BCUT2D eigenvalue weighted by Gasteiger charge is 2.40. The van der Waals surface area contributed by atoms with Crippen LogP contribution in [0.4, 0.5) is 0 Å². The lowest BCUT2D eigenvalue weighted by molar-refractivity contribution is -0.141. The molecule has 0 spiro atoms. The number of carbonyl (C=O) groups is 2. The number of amides is 1. The third-order valence-electron chi connectivity index (χ3n) is 3.40. The van der Waals surface area contributed by atoms with Crippen LogP contribution in [-0.4, -0.2) is 50.7 Å². The normalized spacial score (nSPS) is 22.1. The highest BCUT2D eigenvalue weighted by Crippen LogP contribution is 2.21. The van der Waals surface area contributed by atoms with Gasteiger partial charge in [0, 0.05) is 18.7 Å². The predicted molar refractivity (Wildman–Crippen MR) is 69.6 cm³/mol. The second-order valence-corrected chi connectivity index (χ2v) is 5.04. The van der Waals surface area contributed by atoms with Crippen LogP contribution in [0.1, 0.15) is 28.0 Å². The molecule has 2 heterocycles. The Morgan fingerprint density at radius 2 is 2.05 bits per heavy atom. The number of likely N-dealkylation sites (tertiary alicyclic amines) is 1. The SMILES string of the molecule is Cc1cc(C)c(C(=O)N2C[C@H](O)C[C@H]2C(=O)O)c(=O)[nH]1. The van der Waals surface area contributed by atoms with Crippen LogP contribution in [0.25, 0.3) is 0 Å². The highest BCUT2D eigenvalue weighted by molar-refractivity contribution is 5.97. The van der Waals surface area contributed by atoms with Gasteiger partial charge >= 0.3 is 5.97 Å². The number of rotatable bonds is 2. The van der Waals surface area contributed by atoms with Gasteiger partial charge in [0.05, 0.1) is 6.10 Å². The minimum absolute atomic E-state index is 0.0239. The van der Waals surface area contributed by atoms with E-state index < -0.39 is 29.6 Å². The summed E-state index contributed by atoms with van der Waals surface area (Å²) in [6.07, 6.45) is -0.908. The quantitative estimate of drug-likeness (QED) is 0.686. The van der Waals surface area contributed by atoms with E-state index in [0.29, 0.717) is 11.3 Å². The minimum atomic E-state index is -1.18. The molecule has 1 amide bonds. The van der Waals surface area contributed by atoms with Crippen molar-refractivity contribution in [2.45, 2.75) is 32.4 Å². The highest BCUT2D eigenvalue weighted by atomic mass is 16.4. The Bertz CT molecular complexity index is 622. The lowest BCUT2D eigenvalue weighted by atomic mass is 10.1. The number of carboxylic acid groups (broad SMARTS) is 1. The molecule has 0 aliphatic carbocycles. The molecule has 7 nitrogen and oxygen atoms in total. The molecule has 108 valence electrons. The third-order valence-corrected chi connectivity index (χ3v) is 3.40. The molecule has 1 aliphatic rings. The third kappa shape index (κ3) is 2.44. The maximum atomic E-state index is 12.4. The summed E-state index contributed by atoms with van der Waals surface area (Å²) in [5, 5.41) is 18.6. The maximum absolute atomic E-state index is 12.4. The van der Waals surface area contributed by atoms with Crippen molar-refractivity contribution in [1.82, 2.24) is 9.88 Å². The Balaban J connectivity index is 2.41. The molecule has 3 N–H and O–H groups in total. The minimum Gasteiger partial charge on any atom is -0.480 e. The molecule has 0 bridgehead atoms. The van der Waals surface area contributed by atoms with Crippen LogP contribution in [-0.2, 0) is 4.79 Å². The van der Waals surface area contributed by atoms with E-state index in [9.17, 15) is 19.5 Å². The Hall–Kier alpha value is -2.15. The number of pyridine rings is 1. The van der Waals surface area contributed by atoms with Crippen LogP contribution >= 0.6 is 0 Å². The first-order valence-corrected chi connectivity index (χ1v) is 6.23. The van der Waals surface area contributed by atoms with E-state index in [1.54, 1.807) is 19.9 Å². The molecule has 1 fully saturated rings. The number of hydrogen-bond donors (Lipinski definition) is 3. The number of nitrogens with zero attached hydrogens (tertiary/aromatic N) is 1. The first-order chi connectivity index (χ1) is 9.31. The van der Waals surface area contributed by atoms with Crippen LogP contribution in [0.3, 0.4) is 0 Å². The molecule has 2 rings (SSSR count). The van der Waals surface area contributed by atoms with Crippen molar-refractivity contribution >= 4 is 11.9 Å². The van der Waals surface area contributed by atoms with Gasteiger partial charge in [-0.15, -0.1) is 0 Å². The number of β-amino-alcohol motifs (C(OH)–C–C–N with tert-alkyl or cyclic N) is 1. The first-order valence-electron chi connectivity index (χ1n) is 6.23. The fraction of sp³-hybridized carbons (Fsp3) is 0.462. The average molecular weight is 280 g/mol. The molecule has 0 aromatic carbocycles. The zero-order valence-corrected chi connectivity index (χ0v) is 11.2. The van der Waals surface area contributed by atoms with Crippen molar-refractivity contribution in [2.75, 3.05) is 6.54 Å². The number of nitrogens with one attached hydrogen (secondary N) is 1. The van der Waals surface area contributed by atoms with Gasteiger partial charge in [0.2, 0.25) is 0 Å². The molecule has 1 saturated heterocycles. The van der Waals surface area contributed by atoms with Crippen molar-refractivity contribution in [3.63, 3.8) is 0 Å². The van der Waals surface area contributed by atoms with Crippen LogP contribution in [0, 0.1) is 13.8 Å². The van der Waals surface area contributed by atoms with Crippen LogP contribution in [0.2, 0.25) is 0 Å². The number of aryl methyl sites for hydroxylation is 2. The van der Waals surface area contributed by atoms with Crippen molar-refractivity contribution in [1.29, 1.82) is 0 Å². The van der Waals surface area contributed by atoms with Gasteiger partial charge in [-0.3, -0.25) is 9.59 Å². The van der Waals surface area contributed by atoms with Gasteiger partial charge in [0.25, 0.3) is 11.5 Å². The summed E-state index contributed by atoms with van der Waals surface area (Å²) in [5.74, 6) is -1.84. The van der Waals surface area contributed by atoms with E-state index >= 15 is 0 Å². The summed E-state index contributed by atoms with van der Waals surface area (Å²) in [6.45, 7) is 3.24. The molecule has 0 unspecified atom stereocenters. The maximum Gasteiger partial charge on any atom is 0.326 e. The van der Waals surface area contributed by atoms with Gasteiger partial charge in [-0.2, -0.15) is 0 Å². The fourth-order valence-electron chi connectivity index (χ4n) is 2.54. The average Bonchev–Trinajstić information content (AvgIpc) is 2.70. The number of aromatic amines is 1. The topological polar surface area (TPSA) is 111 Å². The van der Waals surface area contributed by atoms with E-state index in [1.807, 2.05) is 0 Å². The molecule has 20 heavy (non-hydrogen) atoms. The second-order valence-electron chi connectivity index (χ2n) is 5.04. The number of aliphatic hydroxyl groups excluding tert-OH is 1. The lowest BCUT2D eigenvalue weighted by Crippen LogP contribution is -2.43. The van der Waals surface area contributed by atoms with Crippen LogP contribution < -0.4 is 5.56 Å². The largest absolute Gasteiger partial charge is 0.480 e. The summed E-state index contributed by atoms with van der Waals surface area (Å²) >= 11 is 0. The van der Waals surface area contributed by atoms with E-state index in [2.05, 4.69) is 4.98 Å². The van der Waals surface area contributed by atoms with Crippen molar-refractivity contribution in [3.05, 3.63) is 33.2 Å². The second kappa shape index (κ2) is 5.09. The number of aliphatic carboxylic acids is 1. The van der Waals surface area contributed by atoms with Crippen molar-refractivity contribution in [3.8, 4) is 0 Å². The van der Waals surface area contributed by atoms with Crippen LogP contribution in [0.5, 0.6) is 0 Å². The Morgan fingerprint density at radius 3 is 2.60 bits per heavy atom. The molecule has 1 aromatic rings. The number of aliphatic hydroxyl groups is 1. The van der Waals surface area contributed by atoms with Gasteiger partial charge in [-0.1, -0.05) is 0 Å². The molecule has 0 saturated carbocycles. The van der Waals surface area contributed by atoms with E-state index in [-0.39, 0.29) is 18.5 Å². The van der Waals surface area contributed by atoms with Crippen molar-refractivity contribution in [2.24, 2.45) is 0 Å². The number of aromatic nitrogens is 1.